The second-order valence-electron chi connectivity index (χ2n) is 4.38. The Morgan fingerprint density at radius 3 is 1.63 bits per heavy atom. The Kier molecular flexibility index (Phi) is 3.85. The van der Waals surface area contributed by atoms with Crippen LogP contribution in [0.15, 0.2) is 36.4 Å². The van der Waals surface area contributed by atoms with E-state index < -0.39 is 0 Å². The maximum absolute atomic E-state index is 5.70. The topological polar surface area (TPSA) is 70.5 Å². The van der Waals surface area contributed by atoms with E-state index in [2.05, 4.69) is 0 Å². The Morgan fingerprint density at radius 2 is 1.21 bits per heavy atom. The van der Waals surface area contributed by atoms with Gasteiger partial charge in [0.25, 0.3) is 0 Å². The van der Waals surface area contributed by atoms with Crippen LogP contribution in [-0.4, -0.2) is 7.69 Å². The zero-order valence-electron chi connectivity index (χ0n) is 11.0. The van der Waals surface area contributed by atoms with E-state index >= 15 is 0 Å². The molecule has 0 saturated carbocycles. The Morgan fingerprint density at radius 1 is 0.789 bits per heavy atom. The third-order valence-electron chi connectivity index (χ3n) is 2.77. The predicted octanol–water partition coefficient (Wildman–Crippen LogP) is 2.46. The van der Waals surface area contributed by atoms with Gasteiger partial charge in [-0.15, -0.1) is 0 Å². The van der Waals surface area contributed by atoms with Crippen LogP contribution in [0.2, 0.25) is 0 Å². The fraction of sp³-hybridized carbons (Fsp3) is 0.143. The third-order valence-corrected chi connectivity index (χ3v) is 2.77. The Hall–Kier alpha value is -2.30. The average molecular weight is 255 g/mol. The van der Waals surface area contributed by atoms with Crippen LogP contribution in [-0.2, 0) is 0 Å². The van der Waals surface area contributed by atoms with Crippen LogP contribution >= 0.6 is 0 Å². The molecule has 2 aromatic rings. The molecule has 0 spiro atoms. The van der Waals surface area contributed by atoms with Crippen LogP contribution in [0.25, 0.3) is 0 Å². The van der Waals surface area contributed by atoms with Gasteiger partial charge in [0, 0.05) is 23.5 Å². The standard InChI is InChI=1S/C14H16BN2O2/c1-9-3-5-11(16)7-13(9)18-15-19-14-8-12(17)6-4-10(14)2/h3-8H,16-17H2,1-2H3. The van der Waals surface area contributed by atoms with Crippen molar-refractivity contribution in [2.45, 2.75) is 13.8 Å². The highest BCUT2D eigenvalue weighted by atomic mass is 16.6. The SMILES string of the molecule is Cc1ccc(N)cc1O[B]Oc1cc(N)ccc1C. The van der Waals surface area contributed by atoms with Gasteiger partial charge in [0.05, 0.1) is 0 Å². The number of anilines is 2. The molecule has 0 aromatic heterocycles. The first kappa shape index (κ1) is 13.1. The number of nitrogen functional groups attached to an aromatic ring is 2. The summed E-state index contributed by atoms with van der Waals surface area (Å²) in [7, 11) is 1.28. The summed E-state index contributed by atoms with van der Waals surface area (Å²) in [5, 5.41) is 0. The molecule has 5 heteroatoms. The molecular formula is C14H16BN2O2. The molecule has 0 aliphatic heterocycles. The molecule has 2 aromatic carbocycles. The summed E-state index contributed by atoms with van der Waals surface area (Å²) in [5.41, 5.74) is 14.7. The van der Waals surface area contributed by atoms with Crippen LogP contribution in [0.4, 0.5) is 11.4 Å². The zero-order valence-corrected chi connectivity index (χ0v) is 11.0. The van der Waals surface area contributed by atoms with E-state index in [-0.39, 0.29) is 0 Å². The van der Waals surface area contributed by atoms with E-state index in [4.69, 9.17) is 20.8 Å². The zero-order chi connectivity index (χ0) is 13.8. The van der Waals surface area contributed by atoms with Crippen LogP contribution < -0.4 is 20.8 Å². The first-order valence-electron chi connectivity index (χ1n) is 5.93. The van der Waals surface area contributed by atoms with Crippen molar-refractivity contribution in [3.05, 3.63) is 47.5 Å². The van der Waals surface area contributed by atoms with Crippen molar-refractivity contribution < 1.29 is 9.31 Å². The van der Waals surface area contributed by atoms with Gasteiger partial charge in [-0.2, -0.15) is 0 Å². The number of rotatable bonds is 4. The maximum Gasteiger partial charge on any atom is 0.658 e. The lowest BCUT2D eigenvalue weighted by molar-refractivity contribution is 0.455. The molecule has 0 aliphatic rings. The van der Waals surface area contributed by atoms with E-state index in [0.29, 0.717) is 22.9 Å². The highest BCUT2D eigenvalue weighted by Crippen LogP contribution is 2.22. The Balaban J connectivity index is 2.00. The average Bonchev–Trinajstić information content (AvgIpc) is 2.38. The largest absolute Gasteiger partial charge is 0.658 e. The van der Waals surface area contributed by atoms with Crippen molar-refractivity contribution in [3.63, 3.8) is 0 Å². The molecule has 0 atom stereocenters. The van der Waals surface area contributed by atoms with Gasteiger partial charge < -0.3 is 20.8 Å². The minimum absolute atomic E-state index is 0.647. The third kappa shape index (κ3) is 3.34. The molecule has 0 amide bonds. The molecule has 0 unspecified atom stereocenters. The normalized spacial score (nSPS) is 10.0. The van der Waals surface area contributed by atoms with Crippen molar-refractivity contribution in [3.8, 4) is 11.5 Å². The predicted molar refractivity (Wildman–Crippen MR) is 78.2 cm³/mol. The fourth-order valence-corrected chi connectivity index (χ4v) is 1.62. The summed E-state index contributed by atoms with van der Waals surface area (Å²) in [6.45, 7) is 3.88. The van der Waals surface area contributed by atoms with E-state index in [1.54, 1.807) is 12.1 Å². The number of benzene rings is 2. The molecule has 2 rings (SSSR count). The highest BCUT2D eigenvalue weighted by molar-refractivity contribution is 6.20. The van der Waals surface area contributed by atoms with Gasteiger partial charge in [-0.3, -0.25) is 0 Å². The van der Waals surface area contributed by atoms with Crippen molar-refractivity contribution in [2.75, 3.05) is 11.5 Å². The summed E-state index contributed by atoms with van der Waals surface area (Å²) >= 11 is 0. The van der Waals surface area contributed by atoms with Crippen molar-refractivity contribution in [1.29, 1.82) is 0 Å². The first-order valence-corrected chi connectivity index (χ1v) is 5.93. The van der Waals surface area contributed by atoms with Gasteiger partial charge in [0.2, 0.25) is 0 Å². The lowest BCUT2D eigenvalue weighted by Crippen LogP contribution is -2.12. The Labute approximate surface area is 113 Å². The summed E-state index contributed by atoms with van der Waals surface area (Å²) in [5.74, 6) is 1.34. The highest BCUT2D eigenvalue weighted by Gasteiger charge is 2.07. The van der Waals surface area contributed by atoms with Crippen LogP contribution in [0.3, 0.4) is 0 Å². The van der Waals surface area contributed by atoms with Gasteiger partial charge in [0.1, 0.15) is 11.5 Å². The molecule has 19 heavy (non-hydrogen) atoms. The Bertz CT molecular complexity index is 536. The lowest BCUT2D eigenvalue weighted by atomic mass is 10.2. The second-order valence-corrected chi connectivity index (χ2v) is 4.38. The van der Waals surface area contributed by atoms with E-state index in [9.17, 15) is 0 Å². The van der Waals surface area contributed by atoms with Crippen molar-refractivity contribution in [1.82, 2.24) is 0 Å². The van der Waals surface area contributed by atoms with Gasteiger partial charge >= 0.3 is 7.69 Å². The molecule has 0 saturated heterocycles. The molecule has 4 nitrogen and oxygen atoms in total. The monoisotopic (exact) mass is 255 g/mol. The summed E-state index contributed by atoms with van der Waals surface area (Å²) in [4.78, 5) is 0. The van der Waals surface area contributed by atoms with E-state index in [1.165, 1.54) is 7.69 Å². The van der Waals surface area contributed by atoms with Crippen molar-refractivity contribution in [2.24, 2.45) is 0 Å². The first-order chi connectivity index (χ1) is 9.06. The lowest BCUT2D eigenvalue weighted by Gasteiger charge is -2.11. The molecule has 0 heterocycles. The molecule has 0 fully saturated rings. The molecular weight excluding hydrogens is 239 g/mol. The van der Waals surface area contributed by atoms with Crippen LogP contribution in [0.5, 0.6) is 11.5 Å². The van der Waals surface area contributed by atoms with Gasteiger partial charge in [-0.1, -0.05) is 12.1 Å². The minimum atomic E-state index is 0.647. The number of hydrogen-bond acceptors (Lipinski definition) is 4. The summed E-state index contributed by atoms with van der Waals surface area (Å²) in [6, 6.07) is 10.9. The van der Waals surface area contributed by atoms with Gasteiger partial charge in [-0.05, 0) is 37.1 Å². The molecule has 1 radical (unpaired) electrons. The number of hydrogen-bond donors (Lipinski definition) is 2. The summed E-state index contributed by atoms with van der Waals surface area (Å²) < 4.78 is 10.9. The van der Waals surface area contributed by atoms with Gasteiger partial charge in [-0.25, -0.2) is 0 Å². The molecule has 97 valence electrons. The van der Waals surface area contributed by atoms with E-state index in [1.807, 2.05) is 38.1 Å². The minimum Gasteiger partial charge on any atom is -0.526 e. The maximum atomic E-state index is 5.70. The molecule has 0 aliphatic carbocycles. The fourth-order valence-electron chi connectivity index (χ4n) is 1.62. The van der Waals surface area contributed by atoms with Crippen LogP contribution in [0.1, 0.15) is 11.1 Å². The number of nitrogens with two attached hydrogens (primary N) is 2. The smallest absolute Gasteiger partial charge is 0.526 e. The van der Waals surface area contributed by atoms with Crippen LogP contribution in [0, 0.1) is 13.8 Å². The van der Waals surface area contributed by atoms with E-state index in [0.717, 1.165) is 11.1 Å². The second kappa shape index (κ2) is 5.56. The van der Waals surface area contributed by atoms with Gasteiger partial charge in [0.15, 0.2) is 0 Å². The summed E-state index contributed by atoms with van der Waals surface area (Å²) in [6.07, 6.45) is 0. The molecule has 0 bridgehead atoms. The quantitative estimate of drug-likeness (QED) is 0.650. The van der Waals surface area contributed by atoms with Crippen molar-refractivity contribution >= 4 is 19.1 Å². The molecule has 4 N–H and O–H groups in total. The number of aryl methyl sites for hydroxylation is 2.